The number of carbonyl (C=O) groups excluding carboxylic acids is 2. The lowest BCUT2D eigenvalue weighted by Crippen LogP contribution is -2.50. The summed E-state index contributed by atoms with van der Waals surface area (Å²) in [6, 6.07) is 0. The molecule has 1 aliphatic rings. The first-order valence-corrected chi connectivity index (χ1v) is 3.57. The van der Waals surface area contributed by atoms with Crippen molar-refractivity contribution in [3.05, 3.63) is 0 Å². The summed E-state index contributed by atoms with van der Waals surface area (Å²) in [5.74, 6) is -0.0482. The zero-order valence-electron chi connectivity index (χ0n) is 6.73. The van der Waals surface area contributed by atoms with E-state index >= 15 is 0 Å². The molecule has 0 aromatic rings. The molecule has 1 aliphatic heterocycles. The van der Waals surface area contributed by atoms with Crippen LogP contribution in [0.3, 0.4) is 0 Å². The Morgan fingerprint density at radius 2 is 2.36 bits per heavy atom. The summed E-state index contributed by atoms with van der Waals surface area (Å²) in [6.07, 6.45) is 0.263. The summed E-state index contributed by atoms with van der Waals surface area (Å²) < 4.78 is 0. The van der Waals surface area contributed by atoms with Crippen LogP contribution >= 0.6 is 0 Å². The smallest absolute Gasteiger partial charge is 0.222 e. The molecule has 0 bridgehead atoms. The van der Waals surface area contributed by atoms with Gasteiger partial charge in [-0.1, -0.05) is 0 Å². The summed E-state index contributed by atoms with van der Waals surface area (Å²) in [5, 5.41) is 5.49. The molecule has 1 rings (SSSR count). The SMILES string of the molecule is CNC1(C(C)=O)CNC(=O)C1. The highest BCUT2D eigenvalue weighted by molar-refractivity contribution is 5.95. The minimum absolute atomic E-state index is 0.0124. The highest BCUT2D eigenvalue weighted by atomic mass is 16.2. The number of likely N-dealkylation sites (N-methyl/N-ethyl adjacent to an activating group) is 1. The van der Waals surface area contributed by atoms with Crippen LogP contribution in [0.1, 0.15) is 13.3 Å². The van der Waals surface area contributed by atoms with Crippen LogP contribution in [0.4, 0.5) is 0 Å². The van der Waals surface area contributed by atoms with Crippen molar-refractivity contribution in [3.63, 3.8) is 0 Å². The number of ketones is 1. The first-order chi connectivity index (χ1) is 5.10. The van der Waals surface area contributed by atoms with Crippen LogP contribution in [0, 0.1) is 0 Å². The second-order valence-corrected chi connectivity index (χ2v) is 2.84. The van der Waals surface area contributed by atoms with E-state index in [0.717, 1.165) is 0 Å². The molecule has 0 saturated carbocycles. The molecular formula is C7H12N2O2. The van der Waals surface area contributed by atoms with Gasteiger partial charge in [-0.15, -0.1) is 0 Å². The van der Waals surface area contributed by atoms with Crippen LogP contribution in [-0.2, 0) is 9.59 Å². The standard InChI is InChI=1S/C7H12N2O2/c1-5(10)7(8-2)3-6(11)9-4-7/h8H,3-4H2,1-2H3,(H,9,11). The molecule has 1 amide bonds. The van der Waals surface area contributed by atoms with Crippen molar-refractivity contribution in [2.75, 3.05) is 13.6 Å². The van der Waals surface area contributed by atoms with Crippen molar-refractivity contribution in [1.82, 2.24) is 10.6 Å². The number of hydrogen-bond acceptors (Lipinski definition) is 3. The summed E-state index contributed by atoms with van der Waals surface area (Å²) in [4.78, 5) is 21.9. The molecular weight excluding hydrogens is 144 g/mol. The highest BCUT2D eigenvalue weighted by Crippen LogP contribution is 2.15. The third-order valence-electron chi connectivity index (χ3n) is 2.20. The van der Waals surface area contributed by atoms with Gasteiger partial charge in [-0.05, 0) is 14.0 Å². The Balaban J connectivity index is 2.78. The van der Waals surface area contributed by atoms with Crippen molar-refractivity contribution < 1.29 is 9.59 Å². The van der Waals surface area contributed by atoms with Crippen molar-refractivity contribution in [2.45, 2.75) is 18.9 Å². The first kappa shape index (κ1) is 8.20. The Kier molecular flexibility index (Phi) is 1.95. The molecule has 0 aromatic carbocycles. The van der Waals surface area contributed by atoms with Gasteiger partial charge in [0.25, 0.3) is 0 Å². The van der Waals surface area contributed by atoms with Gasteiger partial charge >= 0.3 is 0 Å². The minimum Gasteiger partial charge on any atom is -0.354 e. The number of Topliss-reactive ketones (excluding diaryl/α,β-unsaturated/α-hetero) is 1. The van der Waals surface area contributed by atoms with Crippen molar-refractivity contribution in [2.24, 2.45) is 0 Å². The molecule has 4 heteroatoms. The number of hydrogen-bond donors (Lipinski definition) is 2. The van der Waals surface area contributed by atoms with Crippen LogP contribution < -0.4 is 10.6 Å². The Morgan fingerprint density at radius 1 is 1.73 bits per heavy atom. The molecule has 4 nitrogen and oxygen atoms in total. The van der Waals surface area contributed by atoms with Gasteiger partial charge in [0.1, 0.15) is 5.54 Å². The largest absolute Gasteiger partial charge is 0.354 e. The molecule has 62 valence electrons. The van der Waals surface area contributed by atoms with Gasteiger partial charge in [-0.2, -0.15) is 0 Å². The lowest BCUT2D eigenvalue weighted by molar-refractivity contribution is -0.125. The van der Waals surface area contributed by atoms with Crippen molar-refractivity contribution in [3.8, 4) is 0 Å². The molecule has 1 atom stereocenters. The molecule has 11 heavy (non-hydrogen) atoms. The van der Waals surface area contributed by atoms with E-state index < -0.39 is 5.54 Å². The van der Waals surface area contributed by atoms with E-state index in [9.17, 15) is 9.59 Å². The minimum atomic E-state index is -0.642. The number of carbonyl (C=O) groups is 2. The fraction of sp³-hybridized carbons (Fsp3) is 0.714. The maximum Gasteiger partial charge on any atom is 0.222 e. The average molecular weight is 156 g/mol. The van der Waals surface area contributed by atoms with Crippen LogP contribution in [-0.4, -0.2) is 30.8 Å². The average Bonchev–Trinajstić information content (AvgIpc) is 2.33. The van der Waals surface area contributed by atoms with Gasteiger partial charge in [0.05, 0.1) is 6.42 Å². The molecule has 1 saturated heterocycles. The van der Waals surface area contributed by atoms with E-state index in [4.69, 9.17) is 0 Å². The molecule has 1 unspecified atom stereocenters. The number of amides is 1. The van der Waals surface area contributed by atoms with Gasteiger partial charge in [0.2, 0.25) is 5.91 Å². The quantitative estimate of drug-likeness (QED) is 0.542. The van der Waals surface area contributed by atoms with E-state index in [1.165, 1.54) is 6.92 Å². The fourth-order valence-corrected chi connectivity index (χ4v) is 1.25. The van der Waals surface area contributed by atoms with Crippen molar-refractivity contribution in [1.29, 1.82) is 0 Å². The van der Waals surface area contributed by atoms with Gasteiger partial charge < -0.3 is 10.6 Å². The highest BCUT2D eigenvalue weighted by Gasteiger charge is 2.41. The van der Waals surface area contributed by atoms with Gasteiger partial charge in [0, 0.05) is 6.54 Å². The Hall–Kier alpha value is -0.900. The summed E-state index contributed by atoms with van der Waals surface area (Å²) in [7, 11) is 1.70. The van der Waals surface area contributed by atoms with Gasteiger partial charge in [0.15, 0.2) is 5.78 Å². The predicted octanol–water partition coefficient (Wildman–Crippen LogP) is -0.947. The van der Waals surface area contributed by atoms with Gasteiger partial charge in [-0.3, -0.25) is 9.59 Å². The second-order valence-electron chi connectivity index (χ2n) is 2.84. The lowest BCUT2D eigenvalue weighted by atomic mass is 9.94. The summed E-state index contributed by atoms with van der Waals surface area (Å²) in [5.41, 5.74) is -0.642. The lowest BCUT2D eigenvalue weighted by Gasteiger charge is -2.22. The zero-order chi connectivity index (χ0) is 8.48. The van der Waals surface area contributed by atoms with E-state index in [1.807, 2.05) is 0 Å². The molecule has 0 radical (unpaired) electrons. The predicted molar refractivity (Wildman–Crippen MR) is 40.1 cm³/mol. The van der Waals surface area contributed by atoms with E-state index in [-0.39, 0.29) is 18.1 Å². The Bertz CT molecular complexity index is 203. The second kappa shape index (κ2) is 2.62. The molecule has 1 heterocycles. The fourth-order valence-electron chi connectivity index (χ4n) is 1.25. The Morgan fingerprint density at radius 3 is 2.55 bits per heavy atom. The summed E-state index contributed by atoms with van der Waals surface area (Å²) >= 11 is 0. The Labute approximate surface area is 65.3 Å². The third-order valence-corrected chi connectivity index (χ3v) is 2.20. The molecule has 0 aliphatic carbocycles. The molecule has 0 aromatic heterocycles. The van der Waals surface area contributed by atoms with Crippen molar-refractivity contribution >= 4 is 11.7 Å². The van der Waals surface area contributed by atoms with E-state index in [1.54, 1.807) is 7.05 Å². The molecule has 2 N–H and O–H groups in total. The van der Waals surface area contributed by atoms with E-state index in [0.29, 0.717) is 6.54 Å². The van der Waals surface area contributed by atoms with Crippen LogP contribution in [0.15, 0.2) is 0 Å². The molecule has 1 fully saturated rings. The maximum absolute atomic E-state index is 11.1. The monoisotopic (exact) mass is 156 g/mol. The first-order valence-electron chi connectivity index (χ1n) is 3.57. The van der Waals surface area contributed by atoms with Crippen LogP contribution in [0.2, 0.25) is 0 Å². The van der Waals surface area contributed by atoms with Crippen LogP contribution in [0.25, 0.3) is 0 Å². The van der Waals surface area contributed by atoms with Gasteiger partial charge in [-0.25, -0.2) is 0 Å². The van der Waals surface area contributed by atoms with E-state index in [2.05, 4.69) is 10.6 Å². The van der Waals surface area contributed by atoms with Crippen LogP contribution in [0.5, 0.6) is 0 Å². The number of rotatable bonds is 2. The molecule has 0 spiro atoms. The maximum atomic E-state index is 11.1. The number of nitrogens with one attached hydrogen (secondary N) is 2. The normalized spacial score (nSPS) is 30.2. The topological polar surface area (TPSA) is 58.2 Å². The zero-order valence-corrected chi connectivity index (χ0v) is 6.73. The summed E-state index contributed by atoms with van der Waals surface area (Å²) in [6.45, 7) is 1.91. The third kappa shape index (κ3) is 1.26.